The smallest absolute Gasteiger partial charge is 0.311 e. The van der Waals surface area contributed by atoms with Crippen LogP contribution in [0.15, 0.2) is 48.5 Å². The van der Waals surface area contributed by atoms with Crippen LogP contribution >= 0.6 is 0 Å². The number of nitro benzene ring substituents is 1. The van der Waals surface area contributed by atoms with Crippen LogP contribution in [0.25, 0.3) is 0 Å². The largest absolute Gasteiger partial charge is 0.497 e. The molecule has 150 valence electrons. The van der Waals surface area contributed by atoms with E-state index in [4.69, 9.17) is 9.47 Å². The Morgan fingerprint density at radius 3 is 2.38 bits per heavy atom. The third-order valence-corrected chi connectivity index (χ3v) is 4.59. The SMILES string of the molecule is COc1ccc(N2C[C@@H](C(=O)OCC(=O)c3ccc([N+](=O)[O-])cc3)CC2=O)cc1. The van der Waals surface area contributed by atoms with Gasteiger partial charge in [0, 0.05) is 36.3 Å². The number of benzene rings is 2. The van der Waals surface area contributed by atoms with E-state index in [0.717, 1.165) is 0 Å². The summed E-state index contributed by atoms with van der Waals surface area (Å²) in [5.41, 5.74) is 0.709. The highest BCUT2D eigenvalue weighted by molar-refractivity contribution is 6.01. The number of methoxy groups -OCH3 is 1. The molecule has 0 bridgehead atoms. The fraction of sp³-hybridized carbons (Fsp3) is 0.250. The first-order chi connectivity index (χ1) is 13.9. The molecule has 2 aromatic rings. The van der Waals surface area contributed by atoms with E-state index in [9.17, 15) is 24.5 Å². The molecule has 9 heteroatoms. The van der Waals surface area contributed by atoms with Crippen molar-refractivity contribution in [2.45, 2.75) is 6.42 Å². The van der Waals surface area contributed by atoms with E-state index >= 15 is 0 Å². The summed E-state index contributed by atoms with van der Waals surface area (Å²) < 4.78 is 10.2. The lowest BCUT2D eigenvalue weighted by Crippen LogP contribution is -2.27. The van der Waals surface area contributed by atoms with Crippen LogP contribution in [0.1, 0.15) is 16.8 Å². The van der Waals surface area contributed by atoms with Crippen molar-refractivity contribution in [3.8, 4) is 5.75 Å². The summed E-state index contributed by atoms with van der Waals surface area (Å²) in [6, 6.07) is 11.9. The number of ether oxygens (including phenoxy) is 2. The van der Waals surface area contributed by atoms with Gasteiger partial charge in [-0.3, -0.25) is 24.5 Å². The predicted octanol–water partition coefficient (Wildman–Crippen LogP) is 2.38. The number of esters is 1. The number of rotatable bonds is 7. The first kappa shape index (κ1) is 20.0. The van der Waals surface area contributed by atoms with Gasteiger partial charge in [0.25, 0.3) is 5.69 Å². The number of carbonyl (C=O) groups excluding carboxylic acids is 3. The maximum absolute atomic E-state index is 12.3. The van der Waals surface area contributed by atoms with Gasteiger partial charge in [0.15, 0.2) is 12.4 Å². The summed E-state index contributed by atoms with van der Waals surface area (Å²) in [4.78, 5) is 48.2. The van der Waals surface area contributed by atoms with Crippen LogP contribution < -0.4 is 9.64 Å². The third kappa shape index (κ3) is 4.57. The van der Waals surface area contributed by atoms with E-state index < -0.39 is 29.2 Å². The van der Waals surface area contributed by atoms with Crippen molar-refractivity contribution in [1.29, 1.82) is 0 Å². The van der Waals surface area contributed by atoms with E-state index in [1.807, 2.05) is 0 Å². The molecule has 0 saturated carbocycles. The number of hydrogen-bond donors (Lipinski definition) is 0. The Labute approximate surface area is 166 Å². The van der Waals surface area contributed by atoms with Gasteiger partial charge in [-0.1, -0.05) is 0 Å². The minimum atomic E-state index is -0.672. The highest BCUT2D eigenvalue weighted by atomic mass is 16.6. The van der Waals surface area contributed by atoms with Crippen molar-refractivity contribution >= 4 is 29.0 Å². The summed E-state index contributed by atoms with van der Waals surface area (Å²) in [7, 11) is 1.54. The molecular formula is C20H18N2O7. The average Bonchev–Trinajstić information content (AvgIpc) is 3.13. The zero-order chi connectivity index (χ0) is 21.0. The Hall–Kier alpha value is -3.75. The number of hydrogen-bond acceptors (Lipinski definition) is 7. The van der Waals surface area contributed by atoms with Crippen LogP contribution in [0.4, 0.5) is 11.4 Å². The lowest BCUT2D eigenvalue weighted by molar-refractivity contribution is -0.384. The van der Waals surface area contributed by atoms with Crippen LogP contribution in [-0.4, -0.2) is 42.8 Å². The Morgan fingerprint density at radius 2 is 1.79 bits per heavy atom. The number of non-ortho nitro benzene ring substituents is 1. The maximum atomic E-state index is 12.3. The molecule has 0 aromatic heterocycles. The topological polar surface area (TPSA) is 116 Å². The molecule has 1 fully saturated rings. The Balaban J connectivity index is 1.56. The van der Waals surface area contributed by atoms with Crippen molar-refractivity contribution in [3.63, 3.8) is 0 Å². The van der Waals surface area contributed by atoms with Crippen molar-refractivity contribution in [2.75, 3.05) is 25.2 Å². The highest BCUT2D eigenvalue weighted by Gasteiger charge is 2.36. The second kappa shape index (κ2) is 8.51. The van der Waals surface area contributed by atoms with Crippen LogP contribution in [0.5, 0.6) is 5.75 Å². The molecule has 1 aliphatic heterocycles. The van der Waals surface area contributed by atoms with E-state index in [0.29, 0.717) is 11.4 Å². The highest BCUT2D eigenvalue weighted by Crippen LogP contribution is 2.27. The lowest BCUT2D eigenvalue weighted by Gasteiger charge is -2.16. The molecular weight excluding hydrogens is 380 g/mol. The molecule has 1 saturated heterocycles. The van der Waals surface area contributed by atoms with Crippen molar-refractivity contribution in [3.05, 3.63) is 64.2 Å². The molecule has 0 aliphatic carbocycles. The van der Waals surface area contributed by atoms with Gasteiger partial charge >= 0.3 is 5.97 Å². The normalized spacial score (nSPS) is 15.8. The van der Waals surface area contributed by atoms with Gasteiger partial charge in [-0.15, -0.1) is 0 Å². The van der Waals surface area contributed by atoms with Gasteiger partial charge in [-0.25, -0.2) is 0 Å². The molecule has 1 amide bonds. The fourth-order valence-electron chi connectivity index (χ4n) is 2.98. The molecule has 2 aromatic carbocycles. The van der Waals surface area contributed by atoms with Crippen LogP contribution in [0, 0.1) is 16.0 Å². The average molecular weight is 398 g/mol. The molecule has 9 nitrogen and oxygen atoms in total. The van der Waals surface area contributed by atoms with Crippen molar-refractivity contribution < 1.29 is 28.8 Å². The summed E-state index contributed by atoms with van der Waals surface area (Å²) in [5, 5.41) is 10.6. The molecule has 3 rings (SSSR count). The van der Waals surface area contributed by atoms with E-state index in [-0.39, 0.29) is 30.1 Å². The van der Waals surface area contributed by atoms with Gasteiger partial charge in [0.2, 0.25) is 5.91 Å². The number of ketones is 1. The van der Waals surface area contributed by atoms with E-state index in [1.54, 1.807) is 31.4 Å². The quantitative estimate of drug-likeness (QED) is 0.304. The monoisotopic (exact) mass is 398 g/mol. The molecule has 0 spiro atoms. The molecule has 0 N–H and O–H groups in total. The molecule has 29 heavy (non-hydrogen) atoms. The summed E-state index contributed by atoms with van der Waals surface area (Å²) in [6.45, 7) is -0.334. The van der Waals surface area contributed by atoms with Gasteiger partial charge in [-0.05, 0) is 36.4 Å². The number of anilines is 1. The second-order valence-corrected chi connectivity index (χ2v) is 6.44. The van der Waals surface area contributed by atoms with Crippen LogP contribution in [0.2, 0.25) is 0 Å². The zero-order valence-electron chi connectivity index (χ0n) is 15.6. The van der Waals surface area contributed by atoms with E-state index in [2.05, 4.69) is 0 Å². The Morgan fingerprint density at radius 1 is 1.14 bits per heavy atom. The minimum absolute atomic E-state index is 0.00339. The zero-order valence-corrected chi connectivity index (χ0v) is 15.6. The number of nitrogens with zero attached hydrogens (tertiary/aromatic N) is 2. The molecule has 1 heterocycles. The first-order valence-corrected chi connectivity index (χ1v) is 8.77. The summed E-state index contributed by atoms with van der Waals surface area (Å²) in [5.74, 6) is -1.34. The predicted molar refractivity (Wildman–Crippen MR) is 102 cm³/mol. The lowest BCUT2D eigenvalue weighted by atomic mass is 10.1. The number of carbonyl (C=O) groups is 3. The number of nitro groups is 1. The summed E-state index contributed by atoms with van der Waals surface area (Å²) >= 11 is 0. The van der Waals surface area contributed by atoms with Crippen LogP contribution in [0.3, 0.4) is 0 Å². The molecule has 0 radical (unpaired) electrons. The fourth-order valence-corrected chi connectivity index (χ4v) is 2.98. The molecule has 0 unspecified atom stereocenters. The first-order valence-electron chi connectivity index (χ1n) is 8.77. The minimum Gasteiger partial charge on any atom is -0.497 e. The summed E-state index contributed by atoms with van der Waals surface area (Å²) in [6.07, 6.45) is -0.00339. The third-order valence-electron chi connectivity index (χ3n) is 4.59. The van der Waals surface area contributed by atoms with E-state index in [1.165, 1.54) is 29.2 Å². The second-order valence-electron chi connectivity index (χ2n) is 6.44. The number of Topliss-reactive ketones (excluding diaryl/α,β-unsaturated/α-hetero) is 1. The van der Waals surface area contributed by atoms with Gasteiger partial charge in [-0.2, -0.15) is 0 Å². The van der Waals surface area contributed by atoms with Gasteiger partial charge < -0.3 is 14.4 Å². The maximum Gasteiger partial charge on any atom is 0.311 e. The van der Waals surface area contributed by atoms with Crippen LogP contribution in [-0.2, 0) is 14.3 Å². The standard InChI is InChI=1S/C20H18N2O7/c1-28-17-8-6-15(7-9-17)21-11-14(10-19(21)24)20(25)29-12-18(23)13-2-4-16(5-3-13)22(26)27/h2-9,14H,10-12H2,1H3/t14-/m0/s1. The molecule has 1 atom stereocenters. The molecule has 1 aliphatic rings. The Kier molecular flexibility index (Phi) is 5.87. The van der Waals surface area contributed by atoms with Crippen molar-refractivity contribution in [2.24, 2.45) is 5.92 Å². The Bertz CT molecular complexity index is 938. The van der Waals surface area contributed by atoms with Crippen molar-refractivity contribution in [1.82, 2.24) is 0 Å². The van der Waals surface area contributed by atoms with Gasteiger partial charge in [0.05, 0.1) is 18.0 Å². The number of amides is 1. The van der Waals surface area contributed by atoms with Gasteiger partial charge in [0.1, 0.15) is 5.75 Å².